The molecule has 0 radical (unpaired) electrons. The van der Waals surface area contributed by atoms with Crippen LogP contribution < -0.4 is 9.47 Å². The predicted molar refractivity (Wildman–Crippen MR) is 87.9 cm³/mol. The molecule has 116 valence electrons. The zero-order valence-electron chi connectivity index (χ0n) is 12.9. The monoisotopic (exact) mass is 318 g/mol. The van der Waals surface area contributed by atoms with Crippen LogP contribution in [-0.4, -0.2) is 12.6 Å². The van der Waals surface area contributed by atoms with Gasteiger partial charge in [0, 0.05) is 5.02 Å². The van der Waals surface area contributed by atoms with Gasteiger partial charge in [-0.2, -0.15) is 0 Å². The van der Waals surface area contributed by atoms with Crippen LogP contribution in [-0.2, 0) is 4.79 Å². The van der Waals surface area contributed by atoms with Crippen molar-refractivity contribution in [1.82, 2.24) is 0 Å². The molecule has 0 spiro atoms. The molecule has 0 aliphatic carbocycles. The Labute approximate surface area is 135 Å². The number of hydrogen-bond acceptors (Lipinski definition) is 3. The summed E-state index contributed by atoms with van der Waals surface area (Å²) in [5.41, 5.74) is 2.04. The van der Waals surface area contributed by atoms with Crippen molar-refractivity contribution in [1.29, 1.82) is 0 Å². The Morgan fingerprint density at radius 3 is 2.41 bits per heavy atom. The minimum absolute atomic E-state index is 0.136. The number of benzene rings is 2. The maximum Gasteiger partial charge on any atom is 0.349 e. The number of halogens is 1. The Hall–Kier alpha value is -2.00. The summed E-state index contributed by atoms with van der Waals surface area (Å²) >= 11 is 5.86. The normalized spacial score (nSPS) is 10.6. The van der Waals surface area contributed by atoms with Crippen LogP contribution >= 0.6 is 11.6 Å². The lowest BCUT2D eigenvalue weighted by Gasteiger charge is -2.10. The van der Waals surface area contributed by atoms with Gasteiger partial charge in [0.15, 0.2) is 6.61 Å². The highest BCUT2D eigenvalue weighted by Crippen LogP contribution is 2.22. The summed E-state index contributed by atoms with van der Waals surface area (Å²) in [5, 5.41) is 0.610. The van der Waals surface area contributed by atoms with Crippen LogP contribution in [0.1, 0.15) is 30.9 Å². The molecule has 0 unspecified atom stereocenters. The molecule has 2 rings (SSSR count). The third-order valence-corrected chi connectivity index (χ3v) is 3.50. The second kappa shape index (κ2) is 7.32. The Balaban J connectivity index is 1.89. The van der Waals surface area contributed by atoms with Crippen molar-refractivity contribution in [2.45, 2.75) is 26.7 Å². The average Bonchev–Trinajstić information content (AvgIpc) is 2.48. The Kier molecular flexibility index (Phi) is 5.45. The van der Waals surface area contributed by atoms with Crippen LogP contribution in [0.5, 0.6) is 11.5 Å². The minimum Gasteiger partial charge on any atom is -0.482 e. The molecule has 3 nitrogen and oxygen atoms in total. The summed E-state index contributed by atoms with van der Waals surface area (Å²) in [6.45, 7) is 5.95. The molecule has 0 aliphatic heterocycles. The quantitative estimate of drug-likeness (QED) is 0.589. The SMILES string of the molecule is Cc1cc(Cl)ccc1OC(=O)COc1ccc(C(C)C)cc1. The van der Waals surface area contributed by atoms with Crippen molar-refractivity contribution in [3.8, 4) is 11.5 Å². The largest absolute Gasteiger partial charge is 0.482 e. The van der Waals surface area contributed by atoms with E-state index in [0.717, 1.165) is 5.56 Å². The second-order valence-electron chi connectivity index (χ2n) is 5.40. The maximum atomic E-state index is 11.8. The third kappa shape index (κ3) is 4.50. The first-order valence-corrected chi connectivity index (χ1v) is 7.53. The highest BCUT2D eigenvalue weighted by atomic mass is 35.5. The minimum atomic E-state index is -0.446. The zero-order chi connectivity index (χ0) is 16.1. The highest BCUT2D eigenvalue weighted by molar-refractivity contribution is 6.30. The third-order valence-electron chi connectivity index (χ3n) is 3.26. The number of ether oxygens (including phenoxy) is 2. The van der Waals surface area contributed by atoms with Gasteiger partial charge < -0.3 is 9.47 Å². The fourth-order valence-electron chi connectivity index (χ4n) is 1.97. The Bertz CT molecular complexity index is 648. The first-order valence-electron chi connectivity index (χ1n) is 7.15. The number of esters is 1. The maximum absolute atomic E-state index is 11.8. The summed E-state index contributed by atoms with van der Waals surface area (Å²) in [6, 6.07) is 12.8. The average molecular weight is 319 g/mol. The fraction of sp³-hybridized carbons (Fsp3) is 0.278. The van der Waals surface area contributed by atoms with Crippen LogP contribution in [0.3, 0.4) is 0 Å². The van der Waals surface area contributed by atoms with Crippen molar-refractivity contribution >= 4 is 17.6 Å². The van der Waals surface area contributed by atoms with E-state index in [4.69, 9.17) is 21.1 Å². The molecule has 0 fully saturated rings. The van der Waals surface area contributed by atoms with E-state index in [1.165, 1.54) is 5.56 Å². The summed E-state index contributed by atoms with van der Waals surface area (Å²) in [4.78, 5) is 11.8. The molecule has 0 atom stereocenters. The van der Waals surface area contributed by atoms with E-state index in [2.05, 4.69) is 13.8 Å². The van der Waals surface area contributed by atoms with Crippen molar-refractivity contribution in [2.24, 2.45) is 0 Å². The molecular weight excluding hydrogens is 300 g/mol. The predicted octanol–water partition coefficient (Wildman–Crippen LogP) is 4.76. The van der Waals surface area contributed by atoms with Gasteiger partial charge in [-0.3, -0.25) is 0 Å². The summed E-state index contributed by atoms with van der Waals surface area (Å²) in [7, 11) is 0. The van der Waals surface area contributed by atoms with E-state index in [-0.39, 0.29) is 6.61 Å². The summed E-state index contributed by atoms with van der Waals surface area (Å²) in [6.07, 6.45) is 0. The van der Waals surface area contributed by atoms with Gasteiger partial charge >= 0.3 is 5.97 Å². The standard InChI is InChI=1S/C18H19ClO3/c1-12(2)14-4-7-16(8-5-14)21-11-18(20)22-17-9-6-15(19)10-13(17)3/h4-10,12H,11H2,1-3H3. The first kappa shape index (κ1) is 16.4. The van der Waals surface area contributed by atoms with Gasteiger partial charge in [0.1, 0.15) is 11.5 Å². The van der Waals surface area contributed by atoms with Gasteiger partial charge in [0.2, 0.25) is 0 Å². The summed E-state index contributed by atoms with van der Waals surface area (Å²) in [5.74, 6) is 1.16. The van der Waals surface area contributed by atoms with Crippen molar-refractivity contribution < 1.29 is 14.3 Å². The lowest BCUT2D eigenvalue weighted by Crippen LogP contribution is -2.18. The molecule has 0 N–H and O–H groups in total. The Morgan fingerprint density at radius 2 is 1.82 bits per heavy atom. The van der Waals surface area contributed by atoms with Crippen molar-refractivity contribution in [2.75, 3.05) is 6.61 Å². The van der Waals surface area contributed by atoms with Crippen molar-refractivity contribution in [3.63, 3.8) is 0 Å². The zero-order valence-corrected chi connectivity index (χ0v) is 13.7. The number of hydrogen-bond donors (Lipinski definition) is 0. The number of carbonyl (C=O) groups excluding carboxylic acids is 1. The molecule has 0 saturated carbocycles. The molecule has 0 aliphatic rings. The fourth-order valence-corrected chi connectivity index (χ4v) is 2.20. The highest BCUT2D eigenvalue weighted by Gasteiger charge is 2.09. The van der Waals surface area contributed by atoms with Crippen LogP contribution in [0.2, 0.25) is 5.02 Å². The van der Waals surface area contributed by atoms with Crippen LogP contribution in [0, 0.1) is 6.92 Å². The van der Waals surface area contributed by atoms with E-state index in [1.807, 2.05) is 31.2 Å². The van der Waals surface area contributed by atoms with E-state index in [0.29, 0.717) is 22.4 Å². The molecule has 0 amide bonds. The van der Waals surface area contributed by atoms with Gasteiger partial charge in [0.05, 0.1) is 0 Å². The van der Waals surface area contributed by atoms with Crippen LogP contribution in [0.15, 0.2) is 42.5 Å². The lowest BCUT2D eigenvalue weighted by atomic mass is 10.0. The van der Waals surface area contributed by atoms with E-state index in [1.54, 1.807) is 18.2 Å². The molecule has 2 aromatic carbocycles. The lowest BCUT2D eigenvalue weighted by molar-refractivity contribution is -0.136. The molecule has 0 saturated heterocycles. The molecular formula is C18H19ClO3. The van der Waals surface area contributed by atoms with Crippen molar-refractivity contribution in [3.05, 3.63) is 58.6 Å². The van der Waals surface area contributed by atoms with E-state index < -0.39 is 5.97 Å². The number of rotatable bonds is 5. The molecule has 0 bridgehead atoms. The number of carbonyl (C=O) groups is 1. The van der Waals surface area contributed by atoms with E-state index >= 15 is 0 Å². The van der Waals surface area contributed by atoms with Gasteiger partial charge in [-0.25, -0.2) is 4.79 Å². The molecule has 22 heavy (non-hydrogen) atoms. The van der Waals surface area contributed by atoms with E-state index in [9.17, 15) is 4.79 Å². The van der Waals surface area contributed by atoms with Gasteiger partial charge in [-0.15, -0.1) is 0 Å². The summed E-state index contributed by atoms with van der Waals surface area (Å²) < 4.78 is 10.7. The van der Waals surface area contributed by atoms with Gasteiger partial charge in [0.25, 0.3) is 0 Å². The molecule has 4 heteroatoms. The van der Waals surface area contributed by atoms with Crippen LogP contribution in [0.25, 0.3) is 0 Å². The van der Waals surface area contributed by atoms with Crippen LogP contribution in [0.4, 0.5) is 0 Å². The number of aryl methyl sites for hydroxylation is 1. The first-order chi connectivity index (χ1) is 10.5. The van der Waals surface area contributed by atoms with Gasteiger partial charge in [-0.1, -0.05) is 37.6 Å². The molecule has 2 aromatic rings. The Morgan fingerprint density at radius 1 is 1.14 bits per heavy atom. The smallest absolute Gasteiger partial charge is 0.349 e. The second-order valence-corrected chi connectivity index (χ2v) is 5.83. The van der Waals surface area contributed by atoms with Gasteiger partial charge in [-0.05, 0) is 54.3 Å². The molecule has 0 aromatic heterocycles. The molecule has 0 heterocycles. The topological polar surface area (TPSA) is 35.5 Å².